The number of anilines is 1. The Bertz CT molecular complexity index is 321. The van der Waals surface area contributed by atoms with Crippen molar-refractivity contribution >= 4 is 5.69 Å². The van der Waals surface area contributed by atoms with Gasteiger partial charge < -0.3 is 16.4 Å². The molecule has 0 spiro atoms. The van der Waals surface area contributed by atoms with Crippen molar-refractivity contribution < 1.29 is 0 Å². The Labute approximate surface area is 105 Å². The lowest BCUT2D eigenvalue weighted by Crippen LogP contribution is -2.40. The SMILES string of the molecule is CCC(C)c1ccc(N(C)CC(N)CN)cc1. The van der Waals surface area contributed by atoms with Gasteiger partial charge in [-0.3, -0.25) is 0 Å². The maximum atomic E-state index is 5.84. The average Bonchev–Trinajstić information content (AvgIpc) is 2.37. The van der Waals surface area contributed by atoms with Gasteiger partial charge in [-0.05, 0) is 30.0 Å². The van der Waals surface area contributed by atoms with Gasteiger partial charge >= 0.3 is 0 Å². The van der Waals surface area contributed by atoms with Gasteiger partial charge in [-0.2, -0.15) is 0 Å². The van der Waals surface area contributed by atoms with Crippen molar-refractivity contribution in [2.75, 3.05) is 25.0 Å². The van der Waals surface area contributed by atoms with Gasteiger partial charge in [-0.1, -0.05) is 26.0 Å². The minimum absolute atomic E-state index is 0.0363. The van der Waals surface area contributed by atoms with Gasteiger partial charge in [0.1, 0.15) is 0 Å². The van der Waals surface area contributed by atoms with E-state index >= 15 is 0 Å². The monoisotopic (exact) mass is 235 g/mol. The zero-order valence-electron chi connectivity index (χ0n) is 11.2. The molecule has 1 aromatic rings. The second-order valence-electron chi connectivity index (χ2n) is 4.78. The number of hydrogen-bond donors (Lipinski definition) is 2. The molecule has 0 aliphatic rings. The van der Waals surface area contributed by atoms with Crippen LogP contribution in [0.3, 0.4) is 0 Å². The predicted octanol–water partition coefficient (Wildman–Crippen LogP) is 1.92. The van der Waals surface area contributed by atoms with Crippen LogP contribution in [0.15, 0.2) is 24.3 Å². The number of nitrogens with zero attached hydrogens (tertiary/aromatic N) is 1. The van der Waals surface area contributed by atoms with Crippen molar-refractivity contribution in [3.05, 3.63) is 29.8 Å². The Balaban J connectivity index is 2.66. The van der Waals surface area contributed by atoms with Crippen LogP contribution in [-0.4, -0.2) is 26.2 Å². The van der Waals surface area contributed by atoms with Crippen molar-refractivity contribution in [3.63, 3.8) is 0 Å². The molecule has 3 heteroatoms. The summed E-state index contributed by atoms with van der Waals surface area (Å²) in [7, 11) is 2.05. The largest absolute Gasteiger partial charge is 0.373 e. The molecular formula is C14H25N3. The topological polar surface area (TPSA) is 55.3 Å². The lowest BCUT2D eigenvalue weighted by Gasteiger charge is -2.23. The summed E-state index contributed by atoms with van der Waals surface area (Å²) in [4.78, 5) is 2.15. The molecule has 1 rings (SSSR count). The standard InChI is InChI=1S/C14H25N3/c1-4-11(2)12-5-7-14(8-6-12)17(3)10-13(16)9-15/h5-8,11,13H,4,9-10,15-16H2,1-3H3. The van der Waals surface area contributed by atoms with E-state index < -0.39 is 0 Å². The average molecular weight is 235 g/mol. The van der Waals surface area contributed by atoms with E-state index in [-0.39, 0.29) is 6.04 Å². The molecule has 1 aromatic carbocycles. The Hall–Kier alpha value is -1.06. The normalized spacial score (nSPS) is 14.4. The number of likely N-dealkylation sites (N-methyl/N-ethyl adjacent to an activating group) is 1. The quantitative estimate of drug-likeness (QED) is 0.792. The molecule has 0 aliphatic heterocycles. The van der Waals surface area contributed by atoms with Crippen LogP contribution in [-0.2, 0) is 0 Å². The highest BCUT2D eigenvalue weighted by atomic mass is 15.1. The molecule has 0 aromatic heterocycles. The van der Waals surface area contributed by atoms with Gasteiger partial charge in [0.25, 0.3) is 0 Å². The van der Waals surface area contributed by atoms with Crippen molar-refractivity contribution in [1.29, 1.82) is 0 Å². The first-order chi connectivity index (χ1) is 8.08. The molecule has 0 amide bonds. The molecule has 0 radical (unpaired) electrons. The second-order valence-corrected chi connectivity index (χ2v) is 4.78. The van der Waals surface area contributed by atoms with E-state index in [1.54, 1.807) is 0 Å². The van der Waals surface area contributed by atoms with E-state index in [4.69, 9.17) is 11.5 Å². The summed E-state index contributed by atoms with van der Waals surface area (Å²) in [6, 6.07) is 8.76. The van der Waals surface area contributed by atoms with Gasteiger partial charge in [0.15, 0.2) is 0 Å². The number of benzene rings is 1. The van der Waals surface area contributed by atoms with E-state index in [0.717, 1.165) is 6.54 Å². The zero-order valence-corrected chi connectivity index (χ0v) is 11.2. The third-order valence-corrected chi connectivity index (χ3v) is 3.33. The maximum absolute atomic E-state index is 5.84. The minimum atomic E-state index is 0.0363. The molecule has 2 unspecified atom stereocenters. The molecule has 0 heterocycles. The van der Waals surface area contributed by atoms with Gasteiger partial charge in [0, 0.05) is 31.9 Å². The van der Waals surface area contributed by atoms with Crippen molar-refractivity contribution in [2.24, 2.45) is 11.5 Å². The van der Waals surface area contributed by atoms with Crippen LogP contribution in [0.4, 0.5) is 5.69 Å². The molecule has 0 aliphatic carbocycles. The van der Waals surface area contributed by atoms with E-state index in [1.165, 1.54) is 17.7 Å². The summed E-state index contributed by atoms with van der Waals surface area (Å²) in [5.74, 6) is 0.626. The fraction of sp³-hybridized carbons (Fsp3) is 0.571. The highest BCUT2D eigenvalue weighted by Crippen LogP contribution is 2.21. The molecule has 0 saturated carbocycles. The van der Waals surface area contributed by atoms with Crippen LogP contribution in [0.1, 0.15) is 31.7 Å². The molecule has 17 heavy (non-hydrogen) atoms. The van der Waals surface area contributed by atoms with Gasteiger partial charge in [0.2, 0.25) is 0 Å². The smallest absolute Gasteiger partial charge is 0.0364 e. The third kappa shape index (κ3) is 4.02. The van der Waals surface area contributed by atoms with Crippen LogP contribution in [0.5, 0.6) is 0 Å². The van der Waals surface area contributed by atoms with Crippen LogP contribution < -0.4 is 16.4 Å². The molecule has 0 fully saturated rings. The van der Waals surface area contributed by atoms with Crippen molar-refractivity contribution in [2.45, 2.75) is 32.2 Å². The highest BCUT2D eigenvalue weighted by Gasteiger charge is 2.07. The Morgan fingerprint density at radius 3 is 2.29 bits per heavy atom. The van der Waals surface area contributed by atoms with Gasteiger partial charge in [-0.15, -0.1) is 0 Å². The lowest BCUT2D eigenvalue weighted by atomic mass is 9.98. The lowest BCUT2D eigenvalue weighted by molar-refractivity contribution is 0.667. The van der Waals surface area contributed by atoms with Crippen LogP contribution in [0, 0.1) is 0 Å². The molecule has 0 bridgehead atoms. The van der Waals surface area contributed by atoms with Gasteiger partial charge in [-0.25, -0.2) is 0 Å². The molecule has 0 saturated heterocycles. The summed E-state index contributed by atoms with van der Waals surface area (Å²) in [5, 5.41) is 0. The minimum Gasteiger partial charge on any atom is -0.373 e. The van der Waals surface area contributed by atoms with E-state index in [9.17, 15) is 0 Å². The predicted molar refractivity (Wildman–Crippen MR) is 75.4 cm³/mol. The summed E-state index contributed by atoms with van der Waals surface area (Å²) in [5.41, 5.74) is 14.0. The van der Waals surface area contributed by atoms with Crippen molar-refractivity contribution in [3.8, 4) is 0 Å². The molecule has 3 nitrogen and oxygen atoms in total. The Kier molecular flexibility index (Phi) is 5.45. The third-order valence-electron chi connectivity index (χ3n) is 3.33. The summed E-state index contributed by atoms with van der Waals surface area (Å²) >= 11 is 0. The fourth-order valence-electron chi connectivity index (χ4n) is 1.82. The molecule has 4 N–H and O–H groups in total. The van der Waals surface area contributed by atoms with Crippen LogP contribution in [0.25, 0.3) is 0 Å². The first kappa shape index (κ1) is 14.0. The fourth-order valence-corrected chi connectivity index (χ4v) is 1.82. The van der Waals surface area contributed by atoms with E-state index in [1.807, 2.05) is 7.05 Å². The first-order valence-corrected chi connectivity index (χ1v) is 6.35. The van der Waals surface area contributed by atoms with Crippen molar-refractivity contribution in [1.82, 2.24) is 0 Å². The number of nitrogens with two attached hydrogens (primary N) is 2. The molecule has 96 valence electrons. The van der Waals surface area contributed by atoms with Crippen LogP contribution in [0.2, 0.25) is 0 Å². The Morgan fingerprint density at radius 1 is 1.24 bits per heavy atom. The summed E-state index contributed by atoms with van der Waals surface area (Å²) < 4.78 is 0. The molecule has 2 atom stereocenters. The molecular weight excluding hydrogens is 210 g/mol. The number of rotatable bonds is 6. The highest BCUT2D eigenvalue weighted by molar-refractivity contribution is 5.47. The first-order valence-electron chi connectivity index (χ1n) is 6.35. The summed E-state index contributed by atoms with van der Waals surface area (Å²) in [6.07, 6.45) is 1.17. The van der Waals surface area contributed by atoms with Crippen LogP contribution >= 0.6 is 0 Å². The van der Waals surface area contributed by atoms with Gasteiger partial charge in [0.05, 0.1) is 0 Å². The van der Waals surface area contributed by atoms with E-state index in [0.29, 0.717) is 12.5 Å². The summed E-state index contributed by atoms with van der Waals surface area (Å²) in [6.45, 7) is 5.78. The Morgan fingerprint density at radius 2 is 1.82 bits per heavy atom. The maximum Gasteiger partial charge on any atom is 0.0364 e. The second kappa shape index (κ2) is 6.62. The van der Waals surface area contributed by atoms with E-state index in [2.05, 4.69) is 43.0 Å². The number of hydrogen-bond acceptors (Lipinski definition) is 3. The zero-order chi connectivity index (χ0) is 12.8.